The maximum absolute atomic E-state index is 6.73. The van der Waals surface area contributed by atoms with Gasteiger partial charge in [-0.05, 0) is 65.1 Å². The molecule has 0 aliphatic heterocycles. The summed E-state index contributed by atoms with van der Waals surface area (Å²) in [5, 5.41) is 4.41. The standard InChI is InChI=1S/C44H38N3O.C14H16GeN.Ir/c1-44(2,3)31-22-26-39(36(27-31)28-13-6-4-7-14-28)47-40-32-18-11-10-15-29(32)21-24-38(40)45-42(47)35-20-12-19-33-34-23-25-37(30-16-8-5-9-17-30)46-43(34)48-41(33)35;1-15(2,3)13-9-10-14(16-11-13)12-7-5-4-6-8-12;/h4,6-7,10-15,18-19,21-27,30H,5,8-9,16-17H2,1-3H3;4-7,9-11H,1-3H3;/q2*-1;. The average Bonchev–Trinajstić information content (AvgIpc) is 3.91. The number of furan rings is 1. The van der Waals surface area contributed by atoms with E-state index in [1.165, 1.54) is 47.4 Å². The second-order valence-corrected chi connectivity index (χ2v) is 30.0. The van der Waals surface area contributed by atoms with Crippen LogP contribution in [0.15, 0.2) is 156 Å². The summed E-state index contributed by atoms with van der Waals surface area (Å²) in [5.41, 5.74) is 12.2. The molecular weight excluding hydrogens is 1030 g/mol. The van der Waals surface area contributed by atoms with Gasteiger partial charge >= 0.3 is 99.8 Å². The van der Waals surface area contributed by atoms with Crippen LogP contribution in [0.3, 0.4) is 0 Å². The molecule has 4 heterocycles. The summed E-state index contributed by atoms with van der Waals surface area (Å²) in [5.74, 6) is 8.45. The van der Waals surface area contributed by atoms with Gasteiger partial charge in [-0.25, -0.2) is 4.98 Å². The summed E-state index contributed by atoms with van der Waals surface area (Å²) in [6.07, 6.45) is 8.31. The van der Waals surface area contributed by atoms with Gasteiger partial charge in [0, 0.05) is 53.7 Å². The van der Waals surface area contributed by atoms with Crippen molar-refractivity contribution in [2.45, 2.75) is 81.5 Å². The smallest absolute Gasteiger partial charge is 0 e. The van der Waals surface area contributed by atoms with Crippen molar-refractivity contribution in [1.82, 2.24) is 19.5 Å². The van der Waals surface area contributed by atoms with Gasteiger partial charge < -0.3 is 8.98 Å². The Morgan fingerprint density at radius 2 is 1.48 bits per heavy atom. The largest absolute Gasteiger partial charge is 0 e. The van der Waals surface area contributed by atoms with Gasteiger partial charge in [0.2, 0.25) is 5.71 Å². The first-order chi connectivity index (χ1) is 31.0. The fraction of sp³-hybridized carbons (Fsp3) is 0.224. The van der Waals surface area contributed by atoms with E-state index < -0.39 is 13.3 Å². The summed E-state index contributed by atoms with van der Waals surface area (Å²) < 4.78 is 10.5. The summed E-state index contributed by atoms with van der Waals surface area (Å²) in [7, 11) is 0. The number of aromatic nitrogens is 4. The van der Waals surface area contributed by atoms with Crippen LogP contribution in [0.4, 0.5) is 0 Å². The Balaban J connectivity index is 0.000000266. The monoisotopic (exact) mass is 1090 g/mol. The molecule has 65 heavy (non-hydrogen) atoms. The predicted octanol–water partition coefficient (Wildman–Crippen LogP) is 15.0. The summed E-state index contributed by atoms with van der Waals surface area (Å²) in [6.45, 7) is 6.81. The molecule has 10 aromatic rings. The van der Waals surface area contributed by atoms with Crippen LogP contribution in [0, 0.1) is 12.1 Å². The molecule has 1 saturated carbocycles. The molecule has 0 N–H and O–H groups in total. The molecule has 1 aliphatic rings. The molecule has 0 amide bonds. The minimum atomic E-state index is -1.72. The molecule has 6 aromatic carbocycles. The minimum absolute atomic E-state index is 0. The van der Waals surface area contributed by atoms with Crippen LogP contribution in [-0.4, -0.2) is 32.8 Å². The first-order valence-corrected chi connectivity index (χ1v) is 30.1. The third-order valence-electron chi connectivity index (χ3n) is 12.9. The zero-order valence-electron chi connectivity index (χ0n) is 38.1. The van der Waals surface area contributed by atoms with Crippen molar-refractivity contribution in [3.05, 3.63) is 175 Å². The number of fused-ring (bicyclic) bond motifs is 6. The van der Waals surface area contributed by atoms with Crippen LogP contribution in [0.5, 0.6) is 0 Å². The van der Waals surface area contributed by atoms with Crippen molar-refractivity contribution in [1.29, 1.82) is 0 Å². The average molecular weight is 1090 g/mol. The summed E-state index contributed by atoms with van der Waals surface area (Å²) in [6, 6.07) is 58.1. The molecule has 11 rings (SSSR count). The van der Waals surface area contributed by atoms with Gasteiger partial charge in [0.25, 0.3) is 0 Å². The minimum Gasteiger partial charge on any atom is 0 e. The summed E-state index contributed by atoms with van der Waals surface area (Å²) >= 11 is -1.72. The van der Waals surface area contributed by atoms with E-state index in [1.54, 1.807) is 0 Å². The number of hydrogen-bond donors (Lipinski definition) is 0. The van der Waals surface area contributed by atoms with Gasteiger partial charge in [-0.1, -0.05) is 118 Å². The number of pyridine rings is 2. The predicted molar refractivity (Wildman–Crippen MR) is 269 cm³/mol. The molecule has 7 heteroatoms. The SMILES string of the molecule is CC(C)(C)c1ccc(-n2c(-c3[c-]ccc4c3oc3nc(C5CCCCC5)ccc34)nc3ccc4ccccc4c32)c(-c2ccccc2)c1.[CH3][Ge]([CH3])([CH3])[c]1ccc(-c2[c-]cccc2)nc1.[Ir]. The van der Waals surface area contributed by atoms with E-state index in [0.717, 1.165) is 77.9 Å². The van der Waals surface area contributed by atoms with Crippen LogP contribution in [-0.2, 0) is 25.5 Å². The van der Waals surface area contributed by atoms with Crippen LogP contribution < -0.4 is 4.40 Å². The first kappa shape index (κ1) is 44.5. The molecule has 1 fully saturated rings. The molecule has 327 valence electrons. The van der Waals surface area contributed by atoms with Gasteiger partial charge in [0.1, 0.15) is 0 Å². The fourth-order valence-electron chi connectivity index (χ4n) is 9.27. The third kappa shape index (κ3) is 8.89. The first-order valence-electron chi connectivity index (χ1n) is 22.8. The molecule has 0 spiro atoms. The van der Waals surface area contributed by atoms with E-state index in [-0.39, 0.29) is 25.5 Å². The number of imidazole rings is 1. The second-order valence-electron chi connectivity index (χ2n) is 19.4. The molecule has 5 nitrogen and oxygen atoms in total. The van der Waals surface area contributed by atoms with Gasteiger partial charge in [-0.3, -0.25) is 4.98 Å². The fourth-order valence-corrected chi connectivity index (χ4v) is 11.4. The van der Waals surface area contributed by atoms with Gasteiger partial charge in [-0.2, -0.15) is 0 Å². The van der Waals surface area contributed by atoms with Crippen LogP contribution in [0.1, 0.15) is 70.1 Å². The molecule has 1 aliphatic carbocycles. The van der Waals surface area contributed by atoms with E-state index in [1.807, 2.05) is 36.5 Å². The number of benzene rings is 6. The Labute approximate surface area is 399 Å². The Bertz CT molecular complexity index is 3260. The van der Waals surface area contributed by atoms with Crippen LogP contribution >= 0.6 is 0 Å². The van der Waals surface area contributed by atoms with E-state index >= 15 is 0 Å². The Kier molecular flexibility index (Phi) is 12.6. The van der Waals surface area contributed by atoms with Crippen molar-refractivity contribution in [2.75, 3.05) is 0 Å². The second kappa shape index (κ2) is 18.3. The quantitative estimate of drug-likeness (QED) is 0.123. The van der Waals surface area contributed by atoms with Crippen molar-refractivity contribution >= 4 is 61.5 Å². The zero-order valence-corrected chi connectivity index (χ0v) is 42.6. The van der Waals surface area contributed by atoms with Gasteiger partial charge in [0.15, 0.2) is 0 Å². The molecule has 0 atom stereocenters. The van der Waals surface area contributed by atoms with Crippen LogP contribution in [0.2, 0.25) is 17.3 Å². The maximum Gasteiger partial charge on any atom is 0 e. The summed E-state index contributed by atoms with van der Waals surface area (Å²) in [4.78, 5) is 15.0. The molecular formula is C58H54GeIrN4O-2. The molecule has 0 unspecified atom stereocenters. The molecule has 4 aromatic heterocycles. The Hall–Kier alpha value is -5.66. The van der Waals surface area contributed by atoms with Crippen molar-refractivity contribution in [2.24, 2.45) is 0 Å². The zero-order chi connectivity index (χ0) is 44.0. The van der Waals surface area contributed by atoms with E-state index in [9.17, 15) is 0 Å². The maximum atomic E-state index is 6.73. The molecule has 0 bridgehead atoms. The topological polar surface area (TPSA) is 56.7 Å². The van der Waals surface area contributed by atoms with Crippen molar-refractivity contribution in [3.63, 3.8) is 0 Å². The molecule has 0 saturated heterocycles. The normalized spacial score (nSPS) is 13.5. The number of hydrogen-bond acceptors (Lipinski definition) is 4. The number of nitrogens with zero attached hydrogens (tertiary/aromatic N) is 4. The van der Waals surface area contributed by atoms with E-state index in [2.05, 4.69) is 175 Å². The van der Waals surface area contributed by atoms with E-state index in [4.69, 9.17) is 14.4 Å². The third-order valence-corrected chi connectivity index (χ3v) is 17.2. The van der Waals surface area contributed by atoms with Crippen molar-refractivity contribution in [3.8, 4) is 39.5 Å². The van der Waals surface area contributed by atoms with Crippen LogP contribution in [0.25, 0.3) is 83.3 Å². The Morgan fingerprint density at radius 1 is 0.692 bits per heavy atom. The Morgan fingerprint density at radius 3 is 2.22 bits per heavy atom. The molecule has 1 radical (unpaired) electrons. The van der Waals surface area contributed by atoms with E-state index in [0.29, 0.717) is 11.6 Å². The van der Waals surface area contributed by atoms with Gasteiger partial charge in [0.05, 0.1) is 22.4 Å². The van der Waals surface area contributed by atoms with Gasteiger partial charge in [-0.15, -0.1) is 18.2 Å². The van der Waals surface area contributed by atoms with Crippen molar-refractivity contribution < 1.29 is 24.5 Å². The number of rotatable bonds is 6.